The molecule has 0 spiro atoms. The van der Waals surface area contributed by atoms with Crippen LogP contribution in [-0.2, 0) is 14.3 Å². The van der Waals surface area contributed by atoms with Gasteiger partial charge in [-0.15, -0.1) is 0 Å². The van der Waals surface area contributed by atoms with E-state index in [2.05, 4.69) is 0 Å². The summed E-state index contributed by atoms with van der Waals surface area (Å²) in [7, 11) is 1.61. The third kappa shape index (κ3) is 3.93. The van der Waals surface area contributed by atoms with Gasteiger partial charge in [-0.2, -0.15) is 0 Å². The van der Waals surface area contributed by atoms with Crippen molar-refractivity contribution in [2.75, 3.05) is 13.7 Å². The van der Waals surface area contributed by atoms with Gasteiger partial charge in [-0.05, 0) is 26.7 Å². The summed E-state index contributed by atoms with van der Waals surface area (Å²) in [5.41, 5.74) is -1.01. The average Bonchev–Trinajstić information content (AvgIpc) is 2.37. The van der Waals surface area contributed by atoms with Crippen molar-refractivity contribution in [3.8, 4) is 0 Å². The predicted octanol–water partition coefficient (Wildman–Crippen LogP) is 2.05. The molecule has 5 nitrogen and oxygen atoms in total. The molecule has 1 N–H and O–H groups in total. The Kier molecular flexibility index (Phi) is 5.79. The van der Waals surface area contributed by atoms with Gasteiger partial charge in [-0.25, -0.2) is 4.79 Å². The van der Waals surface area contributed by atoms with Crippen LogP contribution in [0.5, 0.6) is 0 Å². The Balaban J connectivity index is 2.63. The number of aliphatic carboxylic acids is 1. The number of carboxylic acid groups (broad SMARTS) is 1. The SMILES string of the molecule is CC(C)OCCC(=O)N(C)C1(C(=O)O)CCCCC1. The maximum Gasteiger partial charge on any atom is 0.329 e. The van der Waals surface area contributed by atoms with Crippen LogP contribution in [0, 0.1) is 0 Å². The fourth-order valence-corrected chi connectivity index (χ4v) is 2.62. The number of amides is 1. The lowest BCUT2D eigenvalue weighted by molar-refractivity contribution is -0.160. The summed E-state index contributed by atoms with van der Waals surface area (Å²) in [6.45, 7) is 4.17. The van der Waals surface area contributed by atoms with Crippen LogP contribution in [0.4, 0.5) is 0 Å². The van der Waals surface area contributed by atoms with Gasteiger partial charge in [0.15, 0.2) is 0 Å². The van der Waals surface area contributed by atoms with Crippen LogP contribution in [0.1, 0.15) is 52.4 Å². The average molecular weight is 271 g/mol. The molecule has 1 aliphatic rings. The van der Waals surface area contributed by atoms with Gasteiger partial charge in [0.2, 0.25) is 5.91 Å². The van der Waals surface area contributed by atoms with Gasteiger partial charge < -0.3 is 14.7 Å². The summed E-state index contributed by atoms with van der Waals surface area (Å²) in [5, 5.41) is 9.50. The molecule has 0 bridgehead atoms. The van der Waals surface area contributed by atoms with Crippen molar-refractivity contribution in [3.63, 3.8) is 0 Å². The Morgan fingerprint density at radius 2 is 1.84 bits per heavy atom. The zero-order valence-corrected chi connectivity index (χ0v) is 12.1. The molecule has 1 amide bonds. The van der Waals surface area contributed by atoms with E-state index in [4.69, 9.17) is 4.74 Å². The van der Waals surface area contributed by atoms with Crippen molar-refractivity contribution in [2.24, 2.45) is 0 Å². The van der Waals surface area contributed by atoms with E-state index in [1.165, 1.54) is 4.90 Å². The summed E-state index contributed by atoms with van der Waals surface area (Å²) >= 11 is 0. The van der Waals surface area contributed by atoms with Crippen molar-refractivity contribution in [3.05, 3.63) is 0 Å². The maximum absolute atomic E-state index is 12.1. The first kappa shape index (κ1) is 16.0. The number of carbonyl (C=O) groups excluding carboxylic acids is 1. The topological polar surface area (TPSA) is 66.8 Å². The molecule has 0 heterocycles. The molecular formula is C14H25NO4. The molecule has 1 saturated carbocycles. The van der Waals surface area contributed by atoms with Gasteiger partial charge in [0.1, 0.15) is 5.54 Å². The first-order valence-corrected chi connectivity index (χ1v) is 7.02. The van der Waals surface area contributed by atoms with Crippen molar-refractivity contribution in [1.29, 1.82) is 0 Å². The highest BCUT2D eigenvalue weighted by Gasteiger charge is 2.45. The minimum Gasteiger partial charge on any atom is -0.479 e. The molecule has 1 fully saturated rings. The lowest BCUT2D eigenvalue weighted by Gasteiger charge is -2.41. The van der Waals surface area contributed by atoms with Crippen LogP contribution in [0.3, 0.4) is 0 Å². The van der Waals surface area contributed by atoms with Crippen LogP contribution in [0.2, 0.25) is 0 Å². The number of rotatable bonds is 6. The van der Waals surface area contributed by atoms with E-state index in [9.17, 15) is 14.7 Å². The van der Waals surface area contributed by atoms with Crippen molar-refractivity contribution in [1.82, 2.24) is 4.90 Å². The monoisotopic (exact) mass is 271 g/mol. The Morgan fingerprint density at radius 1 is 1.26 bits per heavy atom. The van der Waals surface area contributed by atoms with Crippen LogP contribution in [0.15, 0.2) is 0 Å². The fourth-order valence-electron chi connectivity index (χ4n) is 2.62. The van der Waals surface area contributed by atoms with E-state index in [0.29, 0.717) is 19.4 Å². The van der Waals surface area contributed by atoms with Crippen LogP contribution < -0.4 is 0 Å². The molecule has 0 aliphatic heterocycles. The molecule has 0 aromatic rings. The van der Waals surface area contributed by atoms with Gasteiger partial charge in [0.05, 0.1) is 19.1 Å². The quantitative estimate of drug-likeness (QED) is 0.803. The zero-order valence-electron chi connectivity index (χ0n) is 12.1. The second-order valence-corrected chi connectivity index (χ2v) is 5.52. The van der Waals surface area contributed by atoms with E-state index >= 15 is 0 Å². The third-order valence-corrected chi connectivity index (χ3v) is 3.86. The normalized spacial score (nSPS) is 18.3. The first-order valence-electron chi connectivity index (χ1n) is 7.02. The molecule has 0 aromatic carbocycles. The predicted molar refractivity (Wildman–Crippen MR) is 71.9 cm³/mol. The van der Waals surface area contributed by atoms with Gasteiger partial charge in [0.25, 0.3) is 0 Å². The lowest BCUT2D eigenvalue weighted by atomic mass is 9.80. The van der Waals surface area contributed by atoms with E-state index in [-0.39, 0.29) is 18.4 Å². The molecule has 5 heteroatoms. The number of nitrogens with zero attached hydrogens (tertiary/aromatic N) is 1. The maximum atomic E-state index is 12.1. The Hall–Kier alpha value is -1.10. The van der Waals surface area contributed by atoms with Gasteiger partial charge in [-0.1, -0.05) is 19.3 Å². The molecule has 0 radical (unpaired) electrons. The van der Waals surface area contributed by atoms with E-state index in [1.54, 1.807) is 7.05 Å². The summed E-state index contributed by atoms with van der Waals surface area (Å²) in [6.07, 6.45) is 4.21. The van der Waals surface area contributed by atoms with Crippen LogP contribution >= 0.6 is 0 Å². The molecule has 0 unspecified atom stereocenters. The standard InChI is InChI=1S/C14H25NO4/c1-11(2)19-10-7-12(16)15(3)14(13(17)18)8-5-4-6-9-14/h11H,4-10H2,1-3H3,(H,17,18). The van der Waals surface area contributed by atoms with Crippen LogP contribution in [-0.4, -0.2) is 47.2 Å². The highest BCUT2D eigenvalue weighted by atomic mass is 16.5. The Bertz CT molecular complexity index is 321. The minimum absolute atomic E-state index is 0.0845. The largest absolute Gasteiger partial charge is 0.479 e. The summed E-state index contributed by atoms with van der Waals surface area (Å²) in [6, 6.07) is 0. The van der Waals surface area contributed by atoms with E-state index in [1.807, 2.05) is 13.8 Å². The molecule has 19 heavy (non-hydrogen) atoms. The molecule has 1 aliphatic carbocycles. The minimum atomic E-state index is -1.01. The lowest BCUT2D eigenvalue weighted by Crippen LogP contribution is -2.56. The summed E-state index contributed by atoms with van der Waals surface area (Å²) < 4.78 is 5.35. The van der Waals surface area contributed by atoms with Crippen molar-refractivity contribution >= 4 is 11.9 Å². The van der Waals surface area contributed by atoms with Crippen molar-refractivity contribution in [2.45, 2.75) is 64.0 Å². The number of hydrogen-bond donors (Lipinski definition) is 1. The Labute approximate surface area is 114 Å². The van der Waals surface area contributed by atoms with Crippen molar-refractivity contribution < 1.29 is 19.4 Å². The second-order valence-electron chi connectivity index (χ2n) is 5.52. The summed E-state index contributed by atoms with van der Waals surface area (Å²) in [4.78, 5) is 25.1. The summed E-state index contributed by atoms with van der Waals surface area (Å²) in [5.74, 6) is -1.03. The highest BCUT2D eigenvalue weighted by molar-refractivity contribution is 5.87. The van der Waals surface area contributed by atoms with Crippen LogP contribution in [0.25, 0.3) is 0 Å². The molecule has 0 saturated heterocycles. The highest BCUT2D eigenvalue weighted by Crippen LogP contribution is 2.33. The molecule has 110 valence electrons. The molecule has 0 atom stereocenters. The molecular weight excluding hydrogens is 246 g/mol. The second kappa shape index (κ2) is 6.89. The van der Waals surface area contributed by atoms with E-state index < -0.39 is 11.5 Å². The number of hydrogen-bond acceptors (Lipinski definition) is 3. The molecule has 1 rings (SSSR count). The zero-order chi connectivity index (χ0) is 14.5. The number of carbonyl (C=O) groups is 2. The van der Waals surface area contributed by atoms with Gasteiger partial charge in [0, 0.05) is 7.05 Å². The van der Waals surface area contributed by atoms with Gasteiger partial charge >= 0.3 is 5.97 Å². The van der Waals surface area contributed by atoms with Gasteiger partial charge in [-0.3, -0.25) is 4.79 Å². The number of carboxylic acids is 1. The first-order chi connectivity index (χ1) is 8.90. The molecule has 0 aromatic heterocycles. The third-order valence-electron chi connectivity index (χ3n) is 3.86. The fraction of sp³-hybridized carbons (Fsp3) is 0.857. The van der Waals surface area contributed by atoms with E-state index in [0.717, 1.165) is 19.3 Å². The smallest absolute Gasteiger partial charge is 0.329 e. The number of ether oxygens (including phenoxy) is 1. The Morgan fingerprint density at radius 3 is 2.32 bits per heavy atom. The number of likely N-dealkylation sites (N-methyl/N-ethyl adjacent to an activating group) is 1.